The molecule has 0 saturated heterocycles. The number of carbonyl (C=O) groups is 1. The van der Waals surface area contributed by atoms with Gasteiger partial charge in [0.25, 0.3) is 5.91 Å². The van der Waals surface area contributed by atoms with Crippen LogP contribution >= 0.6 is 15.9 Å². The van der Waals surface area contributed by atoms with Gasteiger partial charge in [0.1, 0.15) is 5.75 Å². The van der Waals surface area contributed by atoms with Crippen LogP contribution in [-0.2, 0) is 4.79 Å². The van der Waals surface area contributed by atoms with Crippen LogP contribution in [0.2, 0.25) is 0 Å². The lowest BCUT2D eigenvalue weighted by Gasteiger charge is -2.28. The second-order valence-corrected chi connectivity index (χ2v) is 7.36. The van der Waals surface area contributed by atoms with E-state index in [1.807, 2.05) is 24.3 Å². The molecule has 3 rings (SSSR count). The minimum atomic E-state index is -0.0229. The quantitative estimate of drug-likeness (QED) is 0.876. The molecule has 2 bridgehead atoms. The van der Waals surface area contributed by atoms with Gasteiger partial charge in [0.15, 0.2) is 6.61 Å². The maximum absolute atomic E-state index is 12.0. The minimum Gasteiger partial charge on any atom is -0.484 e. The number of halogens is 1. The first-order chi connectivity index (χ1) is 10.1. The molecule has 1 aromatic rings. The Hall–Kier alpha value is -1.03. The maximum Gasteiger partial charge on any atom is 0.258 e. The summed E-state index contributed by atoms with van der Waals surface area (Å²) in [4.78, 5) is 12.0. The van der Waals surface area contributed by atoms with Crippen LogP contribution in [0, 0.1) is 17.8 Å². The first kappa shape index (κ1) is 14.9. The predicted molar refractivity (Wildman–Crippen MR) is 86.2 cm³/mol. The predicted octanol–water partition coefficient (Wildman–Crippen LogP) is 3.77. The van der Waals surface area contributed by atoms with Gasteiger partial charge in [-0.3, -0.25) is 4.79 Å². The highest BCUT2D eigenvalue weighted by atomic mass is 79.9. The van der Waals surface area contributed by atoms with E-state index < -0.39 is 0 Å². The van der Waals surface area contributed by atoms with Crippen LogP contribution in [0.3, 0.4) is 0 Å². The van der Waals surface area contributed by atoms with E-state index in [1.54, 1.807) is 0 Å². The summed E-state index contributed by atoms with van der Waals surface area (Å²) in [5, 5.41) is 3.12. The molecule has 1 aromatic carbocycles. The highest BCUT2D eigenvalue weighted by Crippen LogP contribution is 2.49. The van der Waals surface area contributed by atoms with E-state index in [-0.39, 0.29) is 18.6 Å². The molecule has 0 aliphatic heterocycles. The molecule has 2 fully saturated rings. The lowest BCUT2D eigenvalue weighted by atomic mass is 9.84. The fourth-order valence-corrected chi connectivity index (χ4v) is 4.39. The summed E-state index contributed by atoms with van der Waals surface area (Å²) in [6.45, 7) is 2.23. The largest absolute Gasteiger partial charge is 0.484 e. The normalized spacial score (nSPS) is 28.4. The second kappa shape index (κ2) is 6.39. The number of nitrogens with one attached hydrogen (secondary N) is 1. The molecule has 4 atom stereocenters. The Morgan fingerprint density at radius 1 is 1.43 bits per heavy atom. The molecule has 2 saturated carbocycles. The number of carbonyl (C=O) groups excluding carboxylic acids is 1. The fourth-order valence-electron chi connectivity index (χ4n) is 4.01. The van der Waals surface area contributed by atoms with Gasteiger partial charge in [-0.2, -0.15) is 0 Å². The summed E-state index contributed by atoms with van der Waals surface area (Å²) in [5.41, 5.74) is 0. The second-order valence-electron chi connectivity index (χ2n) is 6.44. The highest BCUT2D eigenvalue weighted by Gasteiger charge is 2.42. The maximum atomic E-state index is 12.0. The Morgan fingerprint density at radius 2 is 2.29 bits per heavy atom. The number of hydrogen-bond acceptors (Lipinski definition) is 2. The average molecular weight is 352 g/mol. The van der Waals surface area contributed by atoms with Crippen molar-refractivity contribution in [1.29, 1.82) is 0 Å². The third-order valence-corrected chi connectivity index (χ3v) is 5.48. The van der Waals surface area contributed by atoms with Gasteiger partial charge in [0.2, 0.25) is 0 Å². The third-order valence-electron chi connectivity index (χ3n) is 4.99. The van der Waals surface area contributed by atoms with Crippen LogP contribution < -0.4 is 10.1 Å². The Kier molecular flexibility index (Phi) is 4.53. The van der Waals surface area contributed by atoms with Crippen molar-refractivity contribution in [3.8, 4) is 5.75 Å². The number of hydrogen-bond donors (Lipinski definition) is 1. The molecule has 21 heavy (non-hydrogen) atoms. The first-order valence-corrected chi connectivity index (χ1v) is 8.59. The van der Waals surface area contributed by atoms with Crippen LogP contribution in [0.15, 0.2) is 28.7 Å². The van der Waals surface area contributed by atoms with Crippen molar-refractivity contribution in [1.82, 2.24) is 5.32 Å². The van der Waals surface area contributed by atoms with Crippen LogP contribution in [-0.4, -0.2) is 18.6 Å². The lowest BCUT2D eigenvalue weighted by molar-refractivity contribution is -0.124. The van der Waals surface area contributed by atoms with Crippen molar-refractivity contribution in [2.24, 2.45) is 17.8 Å². The molecule has 1 amide bonds. The van der Waals surface area contributed by atoms with Gasteiger partial charge in [-0.15, -0.1) is 0 Å². The van der Waals surface area contributed by atoms with Crippen LogP contribution in [0.5, 0.6) is 5.75 Å². The standard InChI is InChI=1S/C17H22BrNO2/c1-11(16-8-12-5-6-13(16)7-12)19-17(20)10-21-15-4-2-3-14(18)9-15/h2-4,9,11-13,16H,5-8,10H2,1H3,(H,19,20)/t11-,12-,13-,16-/m0/s1. The molecule has 4 heteroatoms. The van der Waals surface area contributed by atoms with Gasteiger partial charge in [-0.05, 0) is 62.1 Å². The van der Waals surface area contributed by atoms with Crippen molar-refractivity contribution in [2.75, 3.05) is 6.61 Å². The van der Waals surface area contributed by atoms with Crippen LogP contribution in [0.4, 0.5) is 0 Å². The van der Waals surface area contributed by atoms with Gasteiger partial charge in [-0.25, -0.2) is 0 Å². The summed E-state index contributed by atoms with van der Waals surface area (Å²) in [6, 6.07) is 7.82. The minimum absolute atomic E-state index is 0.0229. The number of benzene rings is 1. The van der Waals surface area contributed by atoms with Crippen molar-refractivity contribution in [3.63, 3.8) is 0 Å². The van der Waals surface area contributed by atoms with Gasteiger partial charge in [0.05, 0.1) is 0 Å². The van der Waals surface area contributed by atoms with Gasteiger partial charge in [-0.1, -0.05) is 28.4 Å². The van der Waals surface area contributed by atoms with E-state index in [0.717, 1.165) is 16.3 Å². The van der Waals surface area contributed by atoms with Gasteiger partial charge in [0, 0.05) is 10.5 Å². The van der Waals surface area contributed by atoms with Gasteiger partial charge >= 0.3 is 0 Å². The molecule has 0 unspecified atom stereocenters. The number of rotatable bonds is 5. The molecule has 2 aliphatic carbocycles. The van der Waals surface area contributed by atoms with E-state index in [9.17, 15) is 4.79 Å². The summed E-state index contributed by atoms with van der Waals surface area (Å²) < 4.78 is 6.49. The van der Waals surface area contributed by atoms with E-state index in [4.69, 9.17) is 4.74 Å². The average Bonchev–Trinajstić information content (AvgIpc) is 3.08. The molecular weight excluding hydrogens is 330 g/mol. The monoisotopic (exact) mass is 351 g/mol. The van der Waals surface area contributed by atoms with Crippen molar-refractivity contribution in [2.45, 2.75) is 38.6 Å². The zero-order valence-corrected chi connectivity index (χ0v) is 13.9. The molecule has 1 N–H and O–H groups in total. The van der Waals surface area contributed by atoms with E-state index in [1.165, 1.54) is 25.7 Å². The summed E-state index contributed by atoms with van der Waals surface area (Å²) >= 11 is 3.39. The molecular formula is C17H22BrNO2. The molecule has 0 spiro atoms. The highest BCUT2D eigenvalue weighted by molar-refractivity contribution is 9.10. The Bertz CT molecular complexity index is 519. The van der Waals surface area contributed by atoms with Gasteiger partial charge < -0.3 is 10.1 Å². The zero-order chi connectivity index (χ0) is 14.8. The SMILES string of the molecule is C[C@H](NC(=O)COc1cccc(Br)c1)[C@@H]1C[C@H]2CC[C@H]1C2. The molecule has 3 nitrogen and oxygen atoms in total. The van der Waals surface area contributed by atoms with Crippen LogP contribution in [0.1, 0.15) is 32.6 Å². The lowest BCUT2D eigenvalue weighted by Crippen LogP contribution is -2.42. The molecule has 0 radical (unpaired) electrons. The summed E-state index contributed by atoms with van der Waals surface area (Å²) in [7, 11) is 0. The topological polar surface area (TPSA) is 38.3 Å². The Balaban J connectivity index is 1.46. The molecule has 2 aliphatic rings. The Labute approximate surface area is 134 Å². The fraction of sp³-hybridized carbons (Fsp3) is 0.588. The Morgan fingerprint density at radius 3 is 2.95 bits per heavy atom. The van der Waals surface area contributed by atoms with E-state index in [0.29, 0.717) is 11.7 Å². The van der Waals surface area contributed by atoms with Crippen LogP contribution in [0.25, 0.3) is 0 Å². The van der Waals surface area contributed by atoms with E-state index in [2.05, 4.69) is 28.2 Å². The molecule has 0 heterocycles. The number of ether oxygens (including phenoxy) is 1. The van der Waals surface area contributed by atoms with E-state index >= 15 is 0 Å². The van der Waals surface area contributed by atoms with Crippen molar-refractivity contribution in [3.05, 3.63) is 28.7 Å². The first-order valence-electron chi connectivity index (χ1n) is 7.79. The van der Waals surface area contributed by atoms with Crippen molar-refractivity contribution < 1.29 is 9.53 Å². The number of fused-ring (bicyclic) bond motifs is 2. The molecule has 114 valence electrons. The summed E-state index contributed by atoms with van der Waals surface area (Å²) in [5.74, 6) is 3.10. The summed E-state index contributed by atoms with van der Waals surface area (Å²) in [6.07, 6.45) is 5.41. The smallest absolute Gasteiger partial charge is 0.258 e. The molecule has 0 aromatic heterocycles. The zero-order valence-electron chi connectivity index (χ0n) is 12.3. The van der Waals surface area contributed by atoms with Crippen molar-refractivity contribution >= 4 is 21.8 Å². The third kappa shape index (κ3) is 3.60. The number of amides is 1.